The van der Waals surface area contributed by atoms with Crippen molar-refractivity contribution in [2.24, 2.45) is 0 Å². The van der Waals surface area contributed by atoms with Crippen LogP contribution < -0.4 is 0 Å². The van der Waals surface area contributed by atoms with Gasteiger partial charge in [-0.25, -0.2) is 4.39 Å². The Labute approximate surface area is 216 Å². The summed E-state index contributed by atoms with van der Waals surface area (Å²) in [7, 11) is 0. The Morgan fingerprint density at radius 1 is 0.919 bits per heavy atom. The van der Waals surface area contributed by atoms with Gasteiger partial charge in [0.2, 0.25) is 11.8 Å². The summed E-state index contributed by atoms with van der Waals surface area (Å²) in [6, 6.07) is 19.2. The van der Waals surface area contributed by atoms with Crippen LogP contribution in [-0.2, 0) is 27.4 Å². The van der Waals surface area contributed by atoms with Gasteiger partial charge in [-0.2, -0.15) is 0 Å². The first-order valence-corrected chi connectivity index (χ1v) is 12.4. The second-order valence-electron chi connectivity index (χ2n) is 8.91. The highest BCUT2D eigenvalue weighted by atomic mass is 19.1. The molecule has 0 radical (unpaired) electrons. The summed E-state index contributed by atoms with van der Waals surface area (Å²) in [5.74, 6) is -0.155. The Kier molecular flexibility index (Phi) is 9.62. The quantitative estimate of drug-likeness (QED) is 0.371. The van der Waals surface area contributed by atoms with Crippen molar-refractivity contribution in [2.75, 3.05) is 45.9 Å². The third kappa shape index (κ3) is 8.41. The number of furan rings is 1. The fourth-order valence-electron chi connectivity index (χ4n) is 4.09. The Balaban J connectivity index is 1.48. The predicted molar refractivity (Wildman–Crippen MR) is 139 cm³/mol. The molecule has 194 valence electrons. The van der Waals surface area contributed by atoms with Crippen LogP contribution in [0.2, 0.25) is 0 Å². The van der Waals surface area contributed by atoms with Crippen LogP contribution in [0.3, 0.4) is 0 Å². The first-order valence-electron chi connectivity index (χ1n) is 12.4. The SMILES string of the molecule is O=C(C=Cc1ccccc1)N(CCN1CCOCC1)CC(=O)N(Cc1ccc(F)cc1)Cc1ccco1. The molecule has 37 heavy (non-hydrogen) atoms. The molecule has 0 spiro atoms. The first kappa shape index (κ1) is 26.3. The molecule has 0 unspecified atom stereocenters. The van der Waals surface area contributed by atoms with Gasteiger partial charge in [0.25, 0.3) is 0 Å². The highest BCUT2D eigenvalue weighted by Crippen LogP contribution is 2.13. The molecule has 0 bridgehead atoms. The highest BCUT2D eigenvalue weighted by molar-refractivity contribution is 5.94. The number of rotatable bonds is 11. The average Bonchev–Trinajstić information content (AvgIpc) is 3.45. The molecule has 1 aliphatic rings. The smallest absolute Gasteiger partial charge is 0.247 e. The van der Waals surface area contributed by atoms with Crippen molar-refractivity contribution in [3.8, 4) is 0 Å². The van der Waals surface area contributed by atoms with Crippen LogP contribution in [0.15, 0.2) is 83.5 Å². The Hall–Kier alpha value is -3.75. The third-order valence-corrected chi connectivity index (χ3v) is 6.21. The van der Waals surface area contributed by atoms with E-state index in [-0.39, 0.29) is 37.3 Å². The molecule has 0 N–H and O–H groups in total. The minimum atomic E-state index is -0.335. The lowest BCUT2D eigenvalue weighted by Crippen LogP contribution is -2.46. The molecule has 2 amide bonds. The second kappa shape index (κ2) is 13.5. The van der Waals surface area contributed by atoms with Gasteiger partial charge in [0.05, 0.1) is 26.0 Å². The zero-order valence-electron chi connectivity index (χ0n) is 20.8. The molecule has 7 nitrogen and oxygen atoms in total. The summed E-state index contributed by atoms with van der Waals surface area (Å²) < 4.78 is 24.3. The van der Waals surface area contributed by atoms with E-state index >= 15 is 0 Å². The van der Waals surface area contributed by atoms with Crippen molar-refractivity contribution in [2.45, 2.75) is 13.1 Å². The fourth-order valence-corrected chi connectivity index (χ4v) is 4.09. The summed E-state index contributed by atoms with van der Waals surface area (Å²) in [4.78, 5) is 32.2. The van der Waals surface area contributed by atoms with Crippen LogP contribution in [-0.4, -0.2) is 72.5 Å². The largest absolute Gasteiger partial charge is 0.467 e. The van der Waals surface area contributed by atoms with Gasteiger partial charge in [-0.3, -0.25) is 14.5 Å². The number of halogens is 1. The molecular weight excluding hydrogens is 473 g/mol. The van der Waals surface area contributed by atoms with Crippen LogP contribution in [0.1, 0.15) is 16.9 Å². The second-order valence-corrected chi connectivity index (χ2v) is 8.91. The van der Waals surface area contributed by atoms with Gasteiger partial charge in [0.1, 0.15) is 18.1 Å². The Bertz CT molecular complexity index is 1140. The lowest BCUT2D eigenvalue weighted by molar-refractivity contribution is -0.139. The van der Waals surface area contributed by atoms with E-state index in [1.807, 2.05) is 30.3 Å². The van der Waals surface area contributed by atoms with Gasteiger partial charge in [0, 0.05) is 38.8 Å². The van der Waals surface area contributed by atoms with Crippen LogP contribution in [0, 0.1) is 5.82 Å². The monoisotopic (exact) mass is 505 g/mol. The van der Waals surface area contributed by atoms with E-state index in [9.17, 15) is 14.0 Å². The zero-order chi connectivity index (χ0) is 25.9. The molecule has 8 heteroatoms. The van der Waals surface area contributed by atoms with Gasteiger partial charge in [-0.15, -0.1) is 0 Å². The summed E-state index contributed by atoms with van der Waals surface area (Å²) >= 11 is 0. The van der Waals surface area contributed by atoms with E-state index < -0.39 is 0 Å². The minimum absolute atomic E-state index is 0.0792. The van der Waals surface area contributed by atoms with E-state index in [0.717, 1.165) is 24.2 Å². The number of benzene rings is 2. The number of ether oxygens (including phenoxy) is 1. The molecule has 2 aromatic carbocycles. The normalized spacial score (nSPS) is 14.1. The Morgan fingerprint density at radius 3 is 2.38 bits per heavy atom. The third-order valence-electron chi connectivity index (χ3n) is 6.21. The van der Waals surface area contributed by atoms with E-state index in [1.54, 1.807) is 46.4 Å². The van der Waals surface area contributed by atoms with E-state index in [0.29, 0.717) is 32.1 Å². The number of hydrogen-bond donors (Lipinski definition) is 0. The Morgan fingerprint density at radius 2 is 1.68 bits per heavy atom. The van der Waals surface area contributed by atoms with Gasteiger partial charge < -0.3 is 19.0 Å². The maximum Gasteiger partial charge on any atom is 0.247 e. The van der Waals surface area contributed by atoms with Crippen LogP contribution in [0.5, 0.6) is 0 Å². The van der Waals surface area contributed by atoms with Crippen LogP contribution >= 0.6 is 0 Å². The topological polar surface area (TPSA) is 66.2 Å². The maximum absolute atomic E-state index is 13.5. The molecule has 3 aromatic rings. The van der Waals surface area contributed by atoms with Crippen molar-refractivity contribution >= 4 is 17.9 Å². The first-order chi connectivity index (χ1) is 18.1. The predicted octanol–water partition coefficient (Wildman–Crippen LogP) is 3.82. The number of carbonyl (C=O) groups excluding carboxylic acids is 2. The number of amides is 2. The van der Waals surface area contributed by atoms with Crippen molar-refractivity contribution in [3.05, 3.63) is 102 Å². The highest BCUT2D eigenvalue weighted by Gasteiger charge is 2.22. The average molecular weight is 506 g/mol. The van der Waals surface area contributed by atoms with E-state index in [2.05, 4.69) is 4.90 Å². The van der Waals surface area contributed by atoms with E-state index in [4.69, 9.17) is 9.15 Å². The van der Waals surface area contributed by atoms with Gasteiger partial charge in [-0.1, -0.05) is 42.5 Å². The molecule has 1 aromatic heterocycles. The van der Waals surface area contributed by atoms with E-state index in [1.165, 1.54) is 18.2 Å². The molecule has 1 fully saturated rings. The van der Waals surface area contributed by atoms with Crippen LogP contribution in [0.25, 0.3) is 6.08 Å². The molecular formula is C29H32FN3O4. The molecule has 1 saturated heterocycles. The van der Waals surface area contributed by atoms with Gasteiger partial charge in [-0.05, 0) is 41.5 Å². The lowest BCUT2D eigenvalue weighted by atomic mass is 10.2. The lowest BCUT2D eigenvalue weighted by Gasteiger charge is -2.31. The van der Waals surface area contributed by atoms with Crippen molar-refractivity contribution in [3.63, 3.8) is 0 Å². The van der Waals surface area contributed by atoms with Crippen LogP contribution in [0.4, 0.5) is 4.39 Å². The summed E-state index contributed by atoms with van der Waals surface area (Å²) in [6.07, 6.45) is 4.83. The number of nitrogens with zero attached hydrogens (tertiary/aromatic N) is 3. The summed E-state index contributed by atoms with van der Waals surface area (Å²) in [5, 5.41) is 0. The van der Waals surface area contributed by atoms with Crippen molar-refractivity contribution in [1.82, 2.24) is 14.7 Å². The molecule has 2 heterocycles. The number of hydrogen-bond acceptors (Lipinski definition) is 5. The molecule has 0 aliphatic carbocycles. The fraction of sp³-hybridized carbons (Fsp3) is 0.310. The number of morpholine rings is 1. The summed E-state index contributed by atoms with van der Waals surface area (Å²) in [6.45, 7) is 4.41. The van der Waals surface area contributed by atoms with Gasteiger partial charge in [0.15, 0.2) is 0 Å². The zero-order valence-corrected chi connectivity index (χ0v) is 20.8. The standard InChI is InChI=1S/C29H32FN3O4/c30-26-11-8-25(9-12-26)21-33(22-27-7-4-18-37-27)29(35)23-32(15-14-31-16-19-36-20-17-31)28(34)13-10-24-5-2-1-3-6-24/h1-13,18H,14-17,19-23H2. The summed E-state index contributed by atoms with van der Waals surface area (Å²) in [5.41, 5.74) is 1.70. The maximum atomic E-state index is 13.5. The molecule has 0 atom stereocenters. The van der Waals surface area contributed by atoms with Crippen molar-refractivity contribution < 1.29 is 23.1 Å². The molecule has 4 rings (SSSR count). The van der Waals surface area contributed by atoms with Gasteiger partial charge >= 0.3 is 0 Å². The molecule has 0 saturated carbocycles. The molecule has 1 aliphatic heterocycles. The number of carbonyl (C=O) groups is 2. The minimum Gasteiger partial charge on any atom is -0.467 e. The van der Waals surface area contributed by atoms with Crippen molar-refractivity contribution in [1.29, 1.82) is 0 Å².